The number of likely N-dealkylation sites (tertiary alicyclic amines) is 1. The van der Waals surface area contributed by atoms with Gasteiger partial charge in [-0.2, -0.15) is 0 Å². The van der Waals surface area contributed by atoms with Crippen LogP contribution >= 0.6 is 0 Å². The molecule has 1 aliphatic rings. The number of hydrogen-bond donors (Lipinski definition) is 1. The van der Waals surface area contributed by atoms with E-state index in [0.29, 0.717) is 6.04 Å². The van der Waals surface area contributed by atoms with Crippen molar-refractivity contribution in [2.24, 2.45) is 0 Å². The summed E-state index contributed by atoms with van der Waals surface area (Å²) in [5, 5.41) is 3.11. The highest BCUT2D eigenvalue weighted by molar-refractivity contribution is 5.48. The summed E-state index contributed by atoms with van der Waals surface area (Å²) in [6.45, 7) is 1.68. The Morgan fingerprint density at radius 2 is 2.56 bits per heavy atom. The van der Waals surface area contributed by atoms with Gasteiger partial charge in [0.1, 0.15) is 0 Å². The maximum absolute atomic E-state index is 10.0. The van der Waals surface area contributed by atoms with Crippen molar-refractivity contribution in [2.45, 2.75) is 12.5 Å². The Morgan fingerprint density at radius 1 is 1.78 bits per heavy atom. The van der Waals surface area contributed by atoms with Gasteiger partial charge in [-0.15, -0.1) is 0 Å². The molecule has 1 amide bonds. The fraction of sp³-hybridized carbons (Fsp3) is 0.833. The van der Waals surface area contributed by atoms with Crippen molar-refractivity contribution in [3.05, 3.63) is 0 Å². The first kappa shape index (κ1) is 6.55. The van der Waals surface area contributed by atoms with Gasteiger partial charge in [0, 0.05) is 19.1 Å². The number of nitrogens with zero attached hydrogens (tertiary/aromatic N) is 1. The Labute approximate surface area is 55.0 Å². The van der Waals surface area contributed by atoms with Crippen molar-refractivity contribution in [1.82, 2.24) is 10.2 Å². The number of amides is 1. The molecule has 1 saturated heterocycles. The Bertz CT molecular complexity index is 105. The van der Waals surface area contributed by atoms with Gasteiger partial charge < -0.3 is 10.2 Å². The zero-order chi connectivity index (χ0) is 6.69. The van der Waals surface area contributed by atoms with Crippen molar-refractivity contribution in [2.75, 3.05) is 20.1 Å². The van der Waals surface area contributed by atoms with Gasteiger partial charge in [0.15, 0.2) is 0 Å². The number of hydrogen-bond acceptors (Lipinski definition) is 2. The molecule has 0 spiro atoms. The van der Waals surface area contributed by atoms with Crippen LogP contribution in [0.1, 0.15) is 6.42 Å². The number of likely N-dealkylation sites (N-methyl/N-ethyl adjacent to an activating group) is 1. The van der Waals surface area contributed by atoms with E-state index in [-0.39, 0.29) is 0 Å². The van der Waals surface area contributed by atoms with Gasteiger partial charge >= 0.3 is 6.41 Å². The van der Waals surface area contributed by atoms with E-state index in [2.05, 4.69) is 5.32 Å². The van der Waals surface area contributed by atoms with Crippen LogP contribution in [-0.2, 0) is 4.79 Å². The van der Waals surface area contributed by atoms with Crippen LogP contribution in [0.3, 0.4) is 0 Å². The molecule has 1 rings (SSSR count). The quantitative estimate of drug-likeness (QED) is 0.534. The second kappa shape index (κ2) is 2.82. The molecule has 1 aliphatic heterocycles. The molecular formula is C6H11N2O. The lowest BCUT2D eigenvalue weighted by molar-refractivity contribution is 0.430. The Kier molecular flexibility index (Phi) is 2.05. The SMILES string of the molecule is CN[C@H]1CCN([C]=O)C1. The molecule has 0 aromatic carbocycles. The molecule has 0 unspecified atom stereocenters. The maximum Gasteiger partial charge on any atom is 0.312 e. The van der Waals surface area contributed by atoms with Gasteiger partial charge in [-0.05, 0) is 13.5 Å². The topological polar surface area (TPSA) is 32.3 Å². The summed E-state index contributed by atoms with van der Waals surface area (Å²) in [5.41, 5.74) is 0. The average Bonchev–Trinajstić information content (AvgIpc) is 2.34. The third kappa shape index (κ3) is 1.42. The molecule has 0 bridgehead atoms. The predicted molar refractivity (Wildman–Crippen MR) is 34.7 cm³/mol. The second-order valence-corrected chi connectivity index (χ2v) is 2.31. The molecule has 1 atom stereocenters. The van der Waals surface area contributed by atoms with E-state index in [1.165, 1.54) is 0 Å². The van der Waals surface area contributed by atoms with Crippen LogP contribution in [0.2, 0.25) is 0 Å². The molecule has 0 aromatic rings. The number of carbonyl (C=O) groups excluding carboxylic acids is 1. The normalized spacial score (nSPS) is 26.8. The van der Waals surface area contributed by atoms with Crippen molar-refractivity contribution in [3.8, 4) is 0 Å². The van der Waals surface area contributed by atoms with Crippen molar-refractivity contribution in [3.63, 3.8) is 0 Å². The summed E-state index contributed by atoms with van der Waals surface area (Å²) >= 11 is 0. The highest BCUT2D eigenvalue weighted by Crippen LogP contribution is 2.04. The zero-order valence-electron chi connectivity index (χ0n) is 5.55. The minimum Gasteiger partial charge on any atom is -0.333 e. The second-order valence-electron chi connectivity index (χ2n) is 2.31. The molecule has 51 valence electrons. The lowest BCUT2D eigenvalue weighted by Gasteiger charge is -2.06. The summed E-state index contributed by atoms with van der Waals surface area (Å²) in [7, 11) is 1.92. The first-order valence-corrected chi connectivity index (χ1v) is 3.17. The lowest BCUT2D eigenvalue weighted by atomic mass is 10.3. The van der Waals surface area contributed by atoms with Crippen LogP contribution in [0.25, 0.3) is 0 Å². The number of nitrogens with one attached hydrogen (secondary N) is 1. The molecule has 3 heteroatoms. The van der Waals surface area contributed by atoms with Gasteiger partial charge in [0.2, 0.25) is 0 Å². The van der Waals surface area contributed by atoms with Crippen LogP contribution < -0.4 is 5.32 Å². The molecular weight excluding hydrogens is 116 g/mol. The van der Waals surface area contributed by atoms with E-state index in [1.54, 1.807) is 4.90 Å². The van der Waals surface area contributed by atoms with Gasteiger partial charge in [0.05, 0.1) is 0 Å². The Hall–Kier alpha value is -0.570. The van der Waals surface area contributed by atoms with Crippen LogP contribution in [0, 0.1) is 0 Å². The van der Waals surface area contributed by atoms with Crippen LogP contribution in [0.15, 0.2) is 0 Å². The summed E-state index contributed by atoms with van der Waals surface area (Å²) in [4.78, 5) is 11.7. The summed E-state index contributed by atoms with van der Waals surface area (Å²) < 4.78 is 0. The average molecular weight is 127 g/mol. The summed E-state index contributed by atoms with van der Waals surface area (Å²) in [6, 6.07) is 0.492. The third-order valence-electron chi connectivity index (χ3n) is 1.73. The van der Waals surface area contributed by atoms with E-state index in [1.807, 2.05) is 13.5 Å². The van der Waals surface area contributed by atoms with E-state index in [9.17, 15) is 4.79 Å². The summed E-state index contributed by atoms with van der Waals surface area (Å²) in [5.74, 6) is 0. The molecule has 1 heterocycles. The standard InChI is InChI=1S/C6H11N2O/c1-7-6-2-3-8(4-6)5-9/h6-7H,2-4H2,1H3/t6-/m0/s1. The van der Waals surface area contributed by atoms with Crippen LogP contribution in [0.5, 0.6) is 0 Å². The van der Waals surface area contributed by atoms with Crippen LogP contribution in [-0.4, -0.2) is 37.5 Å². The van der Waals surface area contributed by atoms with Crippen molar-refractivity contribution < 1.29 is 4.79 Å². The molecule has 3 nitrogen and oxygen atoms in total. The number of rotatable bonds is 2. The third-order valence-corrected chi connectivity index (χ3v) is 1.73. The smallest absolute Gasteiger partial charge is 0.312 e. The van der Waals surface area contributed by atoms with E-state index < -0.39 is 0 Å². The first-order valence-electron chi connectivity index (χ1n) is 3.17. The van der Waals surface area contributed by atoms with Gasteiger partial charge in [0.25, 0.3) is 0 Å². The van der Waals surface area contributed by atoms with Crippen molar-refractivity contribution in [1.29, 1.82) is 0 Å². The Morgan fingerprint density at radius 3 is 2.89 bits per heavy atom. The van der Waals surface area contributed by atoms with E-state index >= 15 is 0 Å². The maximum atomic E-state index is 10.0. The van der Waals surface area contributed by atoms with Gasteiger partial charge in [-0.3, -0.25) is 4.79 Å². The van der Waals surface area contributed by atoms with Gasteiger partial charge in [-0.1, -0.05) is 0 Å². The first-order chi connectivity index (χ1) is 4.36. The van der Waals surface area contributed by atoms with E-state index in [4.69, 9.17) is 0 Å². The lowest BCUT2D eigenvalue weighted by Crippen LogP contribution is -2.28. The molecule has 0 saturated carbocycles. The molecule has 1 fully saturated rings. The van der Waals surface area contributed by atoms with Crippen LogP contribution in [0.4, 0.5) is 0 Å². The predicted octanol–water partition coefficient (Wildman–Crippen LogP) is -0.653. The van der Waals surface area contributed by atoms with E-state index in [0.717, 1.165) is 19.5 Å². The Balaban J connectivity index is 2.28. The minimum absolute atomic E-state index is 0.492. The molecule has 1 radical (unpaired) electrons. The van der Waals surface area contributed by atoms with Crippen molar-refractivity contribution >= 4 is 6.41 Å². The molecule has 9 heavy (non-hydrogen) atoms. The highest BCUT2D eigenvalue weighted by atomic mass is 16.1. The van der Waals surface area contributed by atoms with Gasteiger partial charge in [-0.25, -0.2) is 0 Å². The fourth-order valence-corrected chi connectivity index (χ4v) is 1.08. The molecule has 0 aliphatic carbocycles. The summed E-state index contributed by atoms with van der Waals surface area (Å²) in [6.07, 6.45) is 2.93. The molecule has 1 N–H and O–H groups in total. The zero-order valence-corrected chi connectivity index (χ0v) is 5.55. The monoisotopic (exact) mass is 127 g/mol. The molecule has 0 aromatic heterocycles. The minimum atomic E-state index is 0.492. The fourth-order valence-electron chi connectivity index (χ4n) is 1.08. The largest absolute Gasteiger partial charge is 0.333 e. The highest BCUT2D eigenvalue weighted by Gasteiger charge is 2.19.